The Labute approximate surface area is 228 Å². The number of aliphatic imine (C=N–C) groups is 1. The number of benzene rings is 5. The fraction of sp³-hybridized carbons (Fsp3) is 0.0625. The van der Waals surface area contributed by atoms with E-state index in [9.17, 15) is 0 Å². The van der Waals surface area contributed by atoms with Gasteiger partial charge in [0.1, 0.15) is 0 Å². The molecule has 36 heavy (non-hydrogen) atoms. The maximum atomic E-state index is 4.83. The minimum absolute atomic E-state index is 0. The Bertz CT molecular complexity index is 1720. The summed E-state index contributed by atoms with van der Waals surface area (Å²) < 4.78 is 2.31. The lowest BCUT2D eigenvalue weighted by molar-refractivity contribution is -0.568. The molecule has 0 aliphatic carbocycles. The van der Waals surface area contributed by atoms with E-state index < -0.39 is 0 Å². The molecule has 0 amide bonds. The zero-order valence-corrected chi connectivity index (χ0v) is 22.4. The lowest BCUT2D eigenvalue weighted by Crippen LogP contribution is -3.00. The zero-order valence-electron chi connectivity index (χ0n) is 20.3. The molecule has 0 aliphatic heterocycles. The Morgan fingerprint density at radius 3 is 2.11 bits per heavy atom. The van der Waals surface area contributed by atoms with Gasteiger partial charge < -0.3 is 28.9 Å². The van der Waals surface area contributed by atoms with Gasteiger partial charge in [-0.25, -0.2) is 4.99 Å². The first-order valence-electron chi connectivity index (χ1n) is 11.8. The predicted molar refractivity (Wildman–Crippen MR) is 149 cm³/mol. The van der Waals surface area contributed by atoms with Crippen LogP contribution in [-0.4, -0.2) is 20.3 Å². The SMILES string of the molecule is CN(C)c1ccc(N=Cc2ccc3c4ccccc4ccc3[n+]2-c2ccc3ccccc3c2)cc1.[I-]. The van der Waals surface area contributed by atoms with Crippen molar-refractivity contribution in [2.24, 2.45) is 4.99 Å². The van der Waals surface area contributed by atoms with Gasteiger partial charge in [0.2, 0.25) is 16.9 Å². The molecule has 0 N–H and O–H groups in total. The summed E-state index contributed by atoms with van der Waals surface area (Å²) in [6.45, 7) is 0. The molecule has 3 nitrogen and oxygen atoms in total. The van der Waals surface area contributed by atoms with Gasteiger partial charge >= 0.3 is 0 Å². The van der Waals surface area contributed by atoms with E-state index in [4.69, 9.17) is 4.99 Å². The maximum absolute atomic E-state index is 4.83. The normalized spacial score (nSPS) is 11.3. The average Bonchev–Trinajstić information content (AvgIpc) is 2.91. The number of pyridine rings is 1. The van der Waals surface area contributed by atoms with E-state index in [2.05, 4.69) is 125 Å². The van der Waals surface area contributed by atoms with Crippen molar-refractivity contribution in [3.05, 3.63) is 121 Å². The van der Waals surface area contributed by atoms with Gasteiger partial charge in [-0.3, -0.25) is 0 Å². The Morgan fingerprint density at radius 2 is 1.33 bits per heavy atom. The Kier molecular flexibility index (Phi) is 6.70. The topological polar surface area (TPSA) is 19.5 Å². The van der Waals surface area contributed by atoms with Crippen LogP contribution < -0.4 is 33.4 Å². The van der Waals surface area contributed by atoms with Crippen molar-refractivity contribution in [3.8, 4) is 5.69 Å². The molecule has 1 aromatic heterocycles. The standard InChI is InChI=1S/C32H26N3.HI/c1-34(2)27-16-13-26(14-17-27)33-22-29-18-19-31-30-10-6-5-8-24(30)12-20-32(31)35(29)28-15-11-23-7-3-4-9-25(23)21-28;/h3-22H,1-2H3;1H/q+1;/p-1. The molecule has 0 saturated heterocycles. The summed E-state index contributed by atoms with van der Waals surface area (Å²) in [4.78, 5) is 6.92. The molecule has 0 bridgehead atoms. The van der Waals surface area contributed by atoms with Crippen molar-refractivity contribution < 1.29 is 28.5 Å². The van der Waals surface area contributed by atoms with E-state index >= 15 is 0 Å². The summed E-state index contributed by atoms with van der Waals surface area (Å²) in [5.74, 6) is 0. The molecular formula is C32H26IN3. The number of hydrogen-bond acceptors (Lipinski definition) is 2. The quantitative estimate of drug-likeness (QED) is 0.132. The van der Waals surface area contributed by atoms with Gasteiger partial charge in [0.25, 0.3) is 0 Å². The Hall–Kier alpha value is -3.77. The van der Waals surface area contributed by atoms with Crippen LogP contribution in [0.25, 0.3) is 38.1 Å². The molecule has 6 rings (SSSR count). The van der Waals surface area contributed by atoms with E-state index in [0.29, 0.717) is 0 Å². The number of aromatic nitrogens is 1. The molecule has 0 fully saturated rings. The van der Waals surface area contributed by atoms with E-state index in [1.807, 2.05) is 20.3 Å². The summed E-state index contributed by atoms with van der Waals surface area (Å²) in [6.07, 6.45) is 1.97. The first-order chi connectivity index (χ1) is 17.2. The number of hydrogen-bond donors (Lipinski definition) is 0. The van der Waals surface area contributed by atoms with Crippen molar-refractivity contribution >= 4 is 50.0 Å². The molecule has 0 atom stereocenters. The van der Waals surface area contributed by atoms with Crippen molar-refractivity contribution in [1.82, 2.24) is 0 Å². The lowest BCUT2D eigenvalue weighted by Gasteiger charge is -2.11. The fourth-order valence-electron chi connectivity index (χ4n) is 4.72. The highest BCUT2D eigenvalue weighted by atomic mass is 127. The number of anilines is 1. The number of halogens is 1. The van der Waals surface area contributed by atoms with Crippen LogP contribution in [0.2, 0.25) is 0 Å². The molecule has 0 unspecified atom stereocenters. The van der Waals surface area contributed by atoms with Gasteiger partial charge in [0.15, 0.2) is 0 Å². The zero-order chi connectivity index (χ0) is 23.8. The lowest BCUT2D eigenvalue weighted by atomic mass is 10.0. The first-order valence-corrected chi connectivity index (χ1v) is 11.8. The van der Waals surface area contributed by atoms with Crippen LogP contribution in [-0.2, 0) is 0 Å². The molecule has 1 heterocycles. The molecule has 0 aliphatic rings. The van der Waals surface area contributed by atoms with E-state index in [1.54, 1.807) is 0 Å². The summed E-state index contributed by atoms with van der Waals surface area (Å²) in [5, 5.41) is 6.18. The second-order valence-corrected chi connectivity index (χ2v) is 9.01. The second kappa shape index (κ2) is 10.1. The van der Waals surface area contributed by atoms with Gasteiger partial charge in [0, 0.05) is 44.0 Å². The van der Waals surface area contributed by atoms with Gasteiger partial charge in [-0.05, 0) is 64.0 Å². The number of fused-ring (bicyclic) bond motifs is 4. The molecule has 5 aromatic carbocycles. The average molecular weight is 579 g/mol. The van der Waals surface area contributed by atoms with Crippen molar-refractivity contribution in [3.63, 3.8) is 0 Å². The van der Waals surface area contributed by atoms with E-state index in [-0.39, 0.29) is 24.0 Å². The van der Waals surface area contributed by atoms with E-state index in [0.717, 1.165) is 28.3 Å². The van der Waals surface area contributed by atoms with Crippen LogP contribution in [0, 0.1) is 0 Å². The van der Waals surface area contributed by atoms with Crippen molar-refractivity contribution in [1.29, 1.82) is 0 Å². The van der Waals surface area contributed by atoms with E-state index in [1.165, 1.54) is 26.9 Å². The minimum atomic E-state index is 0. The smallest absolute Gasteiger partial charge is 0.230 e. The van der Waals surface area contributed by atoms with Gasteiger partial charge in [0.05, 0.1) is 17.3 Å². The molecule has 0 spiro atoms. The summed E-state index contributed by atoms with van der Waals surface area (Å²) >= 11 is 0. The number of rotatable bonds is 4. The fourth-order valence-corrected chi connectivity index (χ4v) is 4.72. The number of nitrogens with zero attached hydrogens (tertiary/aromatic N) is 3. The summed E-state index contributed by atoms with van der Waals surface area (Å²) in [6, 6.07) is 40.8. The highest BCUT2D eigenvalue weighted by Crippen LogP contribution is 2.26. The van der Waals surface area contributed by atoms with Crippen molar-refractivity contribution in [2.75, 3.05) is 19.0 Å². The van der Waals surface area contributed by atoms with Crippen LogP contribution in [0.3, 0.4) is 0 Å². The Morgan fingerprint density at radius 1 is 0.639 bits per heavy atom. The largest absolute Gasteiger partial charge is 1.00 e. The third-order valence-corrected chi connectivity index (χ3v) is 6.57. The summed E-state index contributed by atoms with van der Waals surface area (Å²) in [7, 11) is 4.09. The molecule has 176 valence electrons. The highest BCUT2D eigenvalue weighted by Gasteiger charge is 2.19. The van der Waals surface area contributed by atoms with Crippen LogP contribution in [0.1, 0.15) is 5.69 Å². The molecule has 0 saturated carbocycles. The van der Waals surface area contributed by atoms with Crippen molar-refractivity contribution in [2.45, 2.75) is 0 Å². The second-order valence-electron chi connectivity index (χ2n) is 9.01. The molecular weight excluding hydrogens is 553 g/mol. The third kappa shape index (κ3) is 4.44. The Balaban J connectivity index is 0.00000267. The van der Waals surface area contributed by atoms with Crippen LogP contribution >= 0.6 is 0 Å². The van der Waals surface area contributed by atoms with Crippen LogP contribution in [0.4, 0.5) is 11.4 Å². The first kappa shape index (κ1) is 23.9. The maximum Gasteiger partial charge on any atom is 0.230 e. The predicted octanol–water partition coefficient (Wildman–Crippen LogP) is 4.24. The highest BCUT2D eigenvalue weighted by molar-refractivity contribution is 6.05. The third-order valence-electron chi connectivity index (χ3n) is 6.57. The summed E-state index contributed by atoms with van der Waals surface area (Å²) in [5.41, 5.74) is 5.40. The monoisotopic (exact) mass is 579 g/mol. The van der Waals surface area contributed by atoms with Crippen LogP contribution in [0.5, 0.6) is 0 Å². The van der Waals surface area contributed by atoms with Gasteiger partial charge in [-0.1, -0.05) is 48.5 Å². The molecule has 0 radical (unpaired) electrons. The molecule has 4 heteroatoms. The van der Waals surface area contributed by atoms with Gasteiger partial charge in [-0.2, -0.15) is 4.57 Å². The molecule has 6 aromatic rings. The minimum Gasteiger partial charge on any atom is -1.00 e. The van der Waals surface area contributed by atoms with Crippen LogP contribution in [0.15, 0.2) is 120 Å². The van der Waals surface area contributed by atoms with Gasteiger partial charge in [-0.15, -0.1) is 0 Å².